The molecule has 2 nitrogen and oxygen atoms in total. The van der Waals surface area contributed by atoms with E-state index < -0.39 is 0 Å². The molecule has 0 saturated heterocycles. The van der Waals surface area contributed by atoms with Crippen molar-refractivity contribution in [3.05, 3.63) is 29.8 Å². The van der Waals surface area contributed by atoms with Crippen LogP contribution in [0.2, 0.25) is 0 Å². The maximum absolute atomic E-state index is 5.13. The van der Waals surface area contributed by atoms with Crippen molar-refractivity contribution in [2.24, 2.45) is 5.41 Å². The predicted molar refractivity (Wildman–Crippen MR) is 74.3 cm³/mol. The third-order valence-electron chi connectivity index (χ3n) is 2.67. The van der Waals surface area contributed by atoms with Crippen molar-refractivity contribution in [2.75, 3.05) is 19.0 Å². The van der Waals surface area contributed by atoms with Gasteiger partial charge in [0.1, 0.15) is 0 Å². The highest BCUT2D eigenvalue weighted by molar-refractivity contribution is 5.45. The molecule has 0 unspecified atom stereocenters. The Kier molecular flexibility index (Phi) is 5.49. The van der Waals surface area contributed by atoms with Crippen LogP contribution in [0.3, 0.4) is 0 Å². The molecule has 17 heavy (non-hydrogen) atoms. The number of hydrogen-bond acceptors (Lipinski definition) is 2. The lowest BCUT2D eigenvalue weighted by atomic mass is 9.91. The highest BCUT2D eigenvalue weighted by Crippen LogP contribution is 2.20. The number of methoxy groups -OCH3 is 1. The van der Waals surface area contributed by atoms with Crippen LogP contribution in [0, 0.1) is 5.41 Å². The standard InChI is InChI=1S/C15H25NO/c1-15(2,3)9-6-10-16-14-8-5-7-13(11-14)12-17-4/h5,7-8,11,16H,6,9-10,12H2,1-4H3. The minimum Gasteiger partial charge on any atom is -0.385 e. The number of nitrogens with one attached hydrogen (secondary N) is 1. The van der Waals surface area contributed by atoms with Crippen LogP contribution in [0.1, 0.15) is 39.2 Å². The first-order valence-corrected chi connectivity index (χ1v) is 6.33. The topological polar surface area (TPSA) is 21.3 Å². The van der Waals surface area contributed by atoms with E-state index in [0.717, 1.165) is 6.54 Å². The molecule has 0 bridgehead atoms. The normalized spacial score (nSPS) is 11.5. The zero-order valence-electron chi connectivity index (χ0n) is 11.5. The predicted octanol–water partition coefficient (Wildman–Crippen LogP) is 4.07. The van der Waals surface area contributed by atoms with Crippen molar-refractivity contribution >= 4 is 5.69 Å². The van der Waals surface area contributed by atoms with E-state index in [0.29, 0.717) is 12.0 Å². The molecule has 0 amide bonds. The fourth-order valence-corrected chi connectivity index (χ4v) is 1.79. The number of benzene rings is 1. The third-order valence-corrected chi connectivity index (χ3v) is 2.67. The molecule has 0 atom stereocenters. The summed E-state index contributed by atoms with van der Waals surface area (Å²) < 4.78 is 5.13. The van der Waals surface area contributed by atoms with E-state index in [9.17, 15) is 0 Å². The summed E-state index contributed by atoms with van der Waals surface area (Å²) in [5.74, 6) is 0. The largest absolute Gasteiger partial charge is 0.385 e. The van der Waals surface area contributed by atoms with Gasteiger partial charge >= 0.3 is 0 Å². The summed E-state index contributed by atoms with van der Waals surface area (Å²) in [6.07, 6.45) is 2.45. The van der Waals surface area contributed by atoms with Crippen molar-refractivity contribution in [1.82, 2.24) is 0 Å². The van der Waals surface area contributed by atoms with E-state index in [2.05, 4.69) is 50.4 Å². The number of anilines is 1. The maximum atomic E-state index is 5.13. The molecular weight excluding hydrogens is 210 g/mol. The fourth-order valence-electron chi connectivity index (χ4n) is 1.79. The van der Waals surface area contributed by atoms with Crippen LogP contribution in [0.25, 0.3) is 0 Å². The maximum Gasteiger partial charge on any atom is 0.0713 e. The molecule has 1 N–H and O–H groups in total. The SMILES string of the molecule is COCc1cccc(NCCCC(C)(C)C)c1. The molecule has 0 radical (unpaired) electrons. The van der Waals surface area contributed by atoms with Crippen LogP contribution < -0.4 is 5.32 Å². The Hall–Kier alpha value is -1.02. The van der Waals surface area contributed by atoms with E-state index in [-0.39, 0.29) is 0 Å². The Balaban J connectivity index is 2.34. The quantitative estimate of drug-likeness (QED) is 0.750. The Bertz CT molecular complexity index is 328. The lowest BCUT2D eigenvalue weighted by Gasteiger charge is -2.18. The molecule has 0 aliphatic carbocycles. The molecule has 0 fully saturated rings. The van der Waals surface area contributed by atoms with Crippen LogP contribution in [0.5, 0.6) is 0 Å². The average Bonchev–Trinajstić information content (AvgIpc) is 2.24. The summed E-state index contributed by atoms with van der Waals surface area (Å²) in [4.78, 5) is 0. The average molecular weight is 235 g/mol. The Morgan fingerprint density at radius 3 is 2.65 bits per heavy atom. The number of rotatable bonds is 6. The molecule has 96 valence electrons. The second kappa shape index (κ2) is 6.65. The second-order valence-electron chi connectivity index (χ2n) is 5.72. The Labute approximate surface area is 105 Å². The van der Waals surface area contributed by atoms with Crippen LogP contribution in [0.4, 0.5) is 5.69 Å². The van der Waals surface area contributed by atoms with Crippen molar-refractivity contribution in [1.29, 1.82) is 0 Å². The molecule has 1 aromatic carbocycles. The summed E-state index contributed by atoms with van der Waals surface area (Å²) in [6, 6.07) is 8.42. The Morgan fingerprint density at radius 1 is 1.24 bits per heavy atom. The molecule has 1 aromatic rings. The molecule has 0 aliphatic rings. The van der Waals surface area contributed by atoms with Gasteiger partial charge < -0.3 is 10.1 Å². The molecule has 0 saturated carbocycles. The highest BCUT2D eigenvalue weighted by Gasteiger charge is 2.08. The fraction of sp³-hybridized carbons (Fsp3) is 0.600. The monoisotopic (exact) mass is 235 g/mol. The van der Waals surface area contributed by atoms with E-state index in [1.54, 1.807) is 7.11 Å². The summed E-state index contributed by atoms with van der Waals surface area (Å²) in [5, 5.41) is 3.46. The molecule has 0 aromatic heterocycles. The van der Waals surface area contributed by atoms with Gasteiger partial charge in [-0.05, 0) is 36.0 Å². The Morgan fingerprint density at radius 2 is 2.00 bits per heavy atom. The lowest BCUT2D eigenvalue weighted by molar-refractivity contribution is 0.185. The van der Waals surface area contributed by atoms with Crippen molar-refractivity contribution in [3.63, 3.8) is 0 Å². The number of ether oxygens (including phenoxy) is 1. The van der Waals surface area contributed by atoms with Crippen molar-refractivity contribution < 1.29 is 4.74 Å². The summed E-state index contributed by atoms with van der Waals surface area (Å²) in [6.45, 7) is 8.57. The molecule has 0 aliphatic heterocycles. The minimum atomic E-state index is 0.430. The van der Waals surface area contributed by atoms with E-state index in [4.69, 9.17) is 4.74 Å². The van der Waals surface area contributed by atoms with Gasteiger partial charge in [-0.2, -0.15) is 0 Å². The third kappa shape index (κ3) is 6.32. The van der Waals surface area contributed by atoms with Gasteiger partial charge in [0.2, 0.25) is 0 Å². The van der Waals surface area contributed by atoms with Gasteiger partial charge in [-0.1, -0.05) is 32.9 Å². The first-order chi connectivity index (χ1) is 8.01. The minimum absolute atomic E-state index is 0.430. The van der Waals surface area contributed by atoms with Gasteiger partial charge in [-0.15, -0.1) is 0 Å². The van der Waals surface area contributed by atoms with Crippen molar-refractivity contribution in [2.45, 2.75) is 40.2 Å². The lowest BCUT2D eigenvalue weighted by Crippen LogP contribution is -2.09. The van der Waals surface area contributed by atoms with Crippen molar-refractivity contribution in [3.8, 4) is 0 Å². The summed E-state index contributed by atoms with van der Waals surface area (Å²) in [5.41, 5.74) is 2.83. The first-order valence-electron chi connectivity index (χ1n) is 6.33. The van der Waals surface area contributed by atoms with Crippen LogP contribution >= 0.6 is 0 Å². The smallest absolute Gasteiger partial charge is 0.0713 e. The molecule has 0 heterocycles. The van der Waals surface area contributed by atoms with Gasteiger partial charge in [0.05, 0.1) is 6.61 Å². The van der Waals surface area contributed by atoms with Crippen LogP contribution in [-0.4, -0.2) is 13.7 Å². The van der Waals surface area contributed by atoms with E-state index in [1.807, 2.05) is 0 Å². The second-order valence-corrected chi connectivity index (χ2v) is 5.72. The van der Waals surface area contributed by atoms with Crippen LogP contribution in [0.15, 0.2) is 24.3 Å². The van der Waals surface area contributed by atoms with Gasteiger partial charge in [0, 0.05) is 19.3 Å². The van der Waals surface area contributed by atoms with Gasteiger partial charge in [-0.25, -0.2) is 0 Å². The molecule has 0 spiro atoms. The summed E-state index contributed by atoms with van der Waals surface area (Å²) in [7, 11) is 1.73. The van der Waals surface area contributed by atoms with Crippen LogP contribution in [-0.2, 0) is 11.3 Å². The van der Waals surface area contributed by atoms with Gasteiger partial charge in [0.15, 0.2) is 0 Å². The zero-order chi connectivity index (χ0) is 12.7. The van der Waals surface area contributed by atoms with Gasteiger partial charge in [0.25, 0.3) is 0 Å². The molecular formula is C15H25NO. The zero-order valence-corrected chi connectivity index (χ0v) is 11.5. The first kappa shape index (κ1) is 14.0. The van der Waals surface area contributed by atoms with Gasteiger partial charge in [-0.3, -0.25) is 0 Å². The molecule has 1 rings (SSSR count). The van der Waals surface area contributed by atoms with E-state index in [1.165, 1.54) is 24.1 Å². The molecule has 2 heteroatoms. The summed E-state index contributed by atoms with van der Waals surface area (Å²) >= 11 is 0. The van der Waals surface area contributed by atoms with E-state index >= 15 is 0 Å². The highest BCUT2D eigenvalue weighted by atomic mass is 16.5. The number of hydrogen-bond donors (Lipinski definition) is 1.